The van der Waals surface area contributed by atoms with E-state index in [0.29, 0.717) is 12.2 Å². The number of benzene rings is 1. The third-order valence-corrected chi connectivity index (χ3v) is 2.79. The second kappa shape index (κ2) is 5.56. The molecule has 0 fully saturated rings. The molecule has 0 unspecified atom stereocenters. The van der Waals surface area contributed by atoms with E-state index in [4.69, 9.17) is 4.52 Å². The number of amides is 1. The van der Waals surface area contributed by atoms with Crippen molar-refractivity contribution < 1.29 is 9.32 Å². The van der Waals surface area contributed by atoms with E-state index in [2.05, 4.69) is 5.32 Å². The van der Waals surface area contributed by atoms with Gasteiger partial charge in [-0.2, -0.15) is 0 Å². The largest absolute Gasteiger partial charge is 0.370 e. The minimum atomic E-state index is -0.616. The lowest BCUT2D eigenvalue weighted by atomic mass is 10.1. The molecule has 1 aromatic carbocycles. The van der Waals surface area contributed by atoms with Gasteiger partial charge >= 0.3 is 5.63 Å². The van der Waals surface area contributed by atoms with Crippen LogP contribution in [0.3, 0.4) is 0 Å². The Kier molecular flexibility index (Phi) is 3.85. The molecule has 0 radical (unpaired) electrons. The topological polar surface area (TPSA) is 64.2 Å². The van der Waals surface area contributed by atoms with Gasteiger partial charge in [0.05, 0.1) is 0 Å². The summed E-state index contributed by atoms with van der Waals surface area (Å²) in [5, 5.41) is 2.70. The van der Waals surface area contributed by atoms with Crippen LogP contribution in [0.25, 0.3) is 11.3 Å². The lowest BCUT2D eigenvalue weighted by Gasteiger charge is -2.05. The number of hydrogen-bond donors (Lipinski definition) is 1. The summed E-state index contributed by atoms with van der Waals surface area (Å²) in [6.45, 7) is 2.48. The van der Waals surface area contributed by atoms with Gasteiger partial charge in [-0.15, -0.1) is 0 Å². The number of carbonyl (C=O) groups is 1. The van der Waals surface area contributed by atoms with Crippen LogP contribution in [0.15, 0.2) is 39.6 Å². The molecule has 0 atom stereocenters. The second-order valence-corrected chi connectivity index (χ2v) is 4.22. The number of aryl methyl sites for hydroxylation is 1. The molecule has 0 saturated carbocycles. The van der Waals surface area contributed by atoms with Crippen LogP contribution in [0.2, 0.25) is 0 Å². The standard InChI is InChI=1S/C14H16N2O3/c1-3-9-15-13(17)11-12(16(2)19-14(11)18)10-7-5-4-6-8-10/h4-8H,3,9H2,1-2H3,(H,15,17). The Hall–Kier alpha value is -2.30. The quantitative estimate of drug-likeness (QED) is 0.911. The van der Waals surface area contributed by atoms with Crippen molar-refractivity contribution in [2.24, 2.45) is 7.05 Å². The summed E-state index contributed by atoms with van der Waals surface area (Å²) in [5.74, 6) is -0.393. The van der Waals surface area contributed by atoms with Gasteiger partial charge in [-0.25, -0.2) is 9.53 Å². The molecule has 19 heavy (non-hydrogen) atoms. The van der Waals surface area contributed by atoms with Gasteiger partial charge in [0.15, 0.2) is 5.56 Å². The molecule has 0 bridgehead atoms. The van der Waals surface area contributed by atoms with Gasteiger partial charge in [-0.3, -0.25) is 4.79 Å². The van der Waals surface area contributed by atoms with Crippen molar-refractivity contribution in [3.8, 4) is 11.3 Å². The van der Waals surface area contributed by atoms with E-state index in [1.807, 2.05) is 37.3 Å². The number of aromatic nitrogens is 1. The molecular weight excluding hydrogens is 244 g/mol. The zero-order valence-corrected chi connectivity index (χ0v) is 11.0. The van der Waals surface area contributed by atoms with Gasteiger partial charge in [0.25, 0.3) is 5.91 Å². The van der Waals surface area contributed by atoms with E-state index in [-0.39, 0.29) is 5.56 Å². The number of nitrogens with one attached hydrogen (secondary N) is 1. The number of carbonyl (C=O) groups excluding carboxylic acids is 1. The predicted octanol–water partition coefficient (Wildman–Crippen LogP) is 1.79. The highest BCUT2D eigenvalue weighted by molar-refractivity contribution is 5.99. The summed E-state index contributed by atoms with van der Waals surface area (Å²) < 4.78 is 6.33. The molecule has 1 aromatic heterocycles. The number of hydrogen-bond acceptors (Lipinski definition) is 3. The summed E-state index contributed by atoms with van der Waals surface area (Å²) in [5.41, 5.74) is 0.716. The Bertz CT molecular complexity index is 626. The van der Waals surface area contributed by atoms with Gasteiger partial charge < -0.3 is 9.84 Å². The molecule has 0 aliphatic carbocycles. The Morgan fingerprint density at radius 1 is 1.32 bits per heavy atom. The zero-order chi connectivity index (χ0) is 13.8. The normalized spacial score (nSPS) is 10.4. The van der Waals surface area contributed by atoms with Crippen molar-refractivity contribution in [3.63, 3.8) is 0 Å². The summed E-state index contributed by atoms with van der Waals surface area (Å²) in [7, 11) is 1.61. The Balaban J connectivity index is 2.50. The summed E-state index contributed by atoms with van der Waals surface area (Å²) >= 11 is 0. The maximum absolute atomic E-state index is 12.0. The molecule has 5 nitrogen and oxygen atoms in total. The smallest absolute Gasteiger partial charge is 0.352 e. The molecule has 0 aliphatic heterocycles. The summed E-state index contributed by atoms with van der Waals surface area (Å²) in [4.78, 5) is 23.8. The van der Waals surface area contributed by atoms with Crippen molar-refractivity contribution in [1.82, 2.24) is 10.1 Å². The van der Waals surface area contributed by atoms with Crippen molar-refractivity contribution in [3.05, 3.63) is 46.3 Å². The molecule has 1 heterocycles. The van der Waals surface area contributed by atoms with Crippen LogP contribution in [0, 0.1) is 0 Å². The van der Waals surface area contributed by atoms with Crippen LogP contribution in [-0.4, -0.2) is 17.2 Å². The fraction of sp³-hybridized carbons (Fsp3) is 0.286. The molecule has 100 valence electrons. The van der Waals surface area contributed by atoms with E-state index < -0.39 is 11.5 Å². The summed E-state index contributed by atoms with van der Waals surface area (Å²) in [6.07, 6.45) is 0.810. The van der Waals surface area contributed by atoms with E-state index >= 15 is 0 Å². The third-order valence-electron chi connectivity index (χ3n) is 2.79. The van der Waals surface area contributed by atoms with Crippen LogP contribution >= 0.6 is 0 Å². The highest BCUT2D eigenvalue weighted by atomic mass is 16.5. The maximum Gasteiger partial charge on any atom is 0.370 e. The summed E-state index contributed by atoms with van der Waals surface area (Å²) in [6, 6.07) is 9.24. The van der Waals surface area contributed by atoms with Crippen molar-refractivity contribution in [2.75, 3.05) is 6.54 Å². The van der Waals surface area contributed by atoms with Crippen LogP contribution in [0.4, 0.5) is 0 Å². The Labute approximate surface area is 110 Å². The van der Waals surface area contributed by atoms with E-state index in [9.17, 15) is 9.59 Å². The lowest BCUT2D eigenvalue weighted by molar-refractivity contribution is 0.0952. The van der Waals surface area contributed by atoms with Crippen LogP contribution < -0.4 is 10.9 Å². The van der Waals surface area contributed by atoms with Crippen LogP contribution in [-0.2, 0) is 7.05 Å². The molecule has 1 amide bonds. The highest BCUT2D eigenvalue weighted by Crippen LogP contribution is 2.21. The highest BCUT2D eigenvalue weighted by Gasteiger charge is 2.23. The van der Waals surface area contributed by atoms with E-state index in [1.54, 1.807) is 7.05 Å². The van der Waals surface area contributed by atoms with E-state index in [1.165, 1.54) is 4.74 Å². The molecule has 2 aromatic rings. The van der Waals surface area contributed by atoms with Crippen molar-refractivity contribution >= 4 is 5.91 Å². The zero-order valence-electron chi connectivity index (χ0n) is 11.0. The first-order valence-electron chi connectivity index (χ1n) is 6.19. The number of nitrogens with zero attached hydrogens (tertiary/aromatic N) is 1. The lowest BCUT2D eigenvalue weighted by Crippen LogP contribution is -2.28. The van der Waals surface area contributed by atoms with Gasteiger partial charge in [-0.05, 0) is 6.42 Å². The minimum Gasteiger partial charge on any atom is -0.352 e. The molecular formula is C14H16N2O3. The van der Waals surface area contributed by atoms with Crippen molar-refractivity contribution in [1.29, 1.82) is 0 Å². The molecule has 0 aliphatic rings. The molecule has 1 N–H and O–H groups in total. The van der Waals surface area contributed by atoms with Gasteiger partial charge in [0.1, 0.15) is 5.69 Å². The van der Waals surface area contributed by atoms with Crippen LogP contribution in [0.1, 0.15) is 23.7 Å². The monoisotopic (exact) mass is 260 g/mol. The predicted molar refractivity (Wildman–Crippen MR) is 72.0 cm³/mol. The Morgan fingerprint density at radius 2 is 2.00 bits per heavy atom. The van der Waals surface area contributed by atoms with Crippen molar-refractivity contribution in [2.45, 2.75) is 13.3 Å². The maximum atomic E-state index is 12.0. The Morgan fingerprint density at radius 3 is 2.63 bits per heavy atom. The molecule has 5 heteroatoms. The first-order valence-corrected chi connectivity index (χ1v) is 6.19. The van der Waals surface area contributed by atoms with E-state index in [0.717, 1.165) is 12.0 Å². The van der Waals surface area contributed by atoms with Gasteiger partial charge in [0, 0.05) is 19.2 Å². The average Bonchev–Trinajstić information content (AvgIpc) is 2.71. The second-order valence-electron chi connectivity index (χ2n) is 4.22. The molecule has 0 spiro atoms. The fourth-order valence-corrected chi connectivity index (χ4v) is 1.92. The van der Waals surface area contributed by atoms with Gasteiger partial charge in [-0.1, -0.05) is 37.3 Å². The van der Waals surface area contributed by atoms with Gasteiger partial charge in [0.2, 0.25) is 0 Å². The third kappa shape index (κ3) is 2.59. The first kappa shape index (κ1) is 13.1. The average molecular weight is 260 g/mol. The SMILES string of the molecule is CCCNC(=O)c1c(-c2ccccc2)n(C)oc1=O. The molecule has 2 rings (SSSR count). The first-order chi connectivity index (χ1) is 9.15. The molecule has 0 saturated heterocycles. The number of rotatable bonds is 4. The fourth-order valence-electron chi connectivity index (χ4n) is 1.92. The van der Waals surface area contributed by atoms with Crippen LogP contribution in [0.5, 0.6) is 0 Å². The minimum absolute atomic E-state index is 0.0575.